The lowest BCUT2D eigenvalue weighted by Crippen LogP contribution is -2.16. The second-order valence-corrected chi connectivity index (χ2v) is 3.69. The third-order valence-corrected chi connectivity index (χ3v) is 2.47. The molecule has 2 heterocycles. The van der Waals surface area contributed by atoms with Crippen molar-refractivity contribution in [2.45, 2.75) is 32.0 Å². The number of ether oxygens (including phenoxy) is 1. The Hall–Kier alpha value is -0.870. The minimum Gasteiger partial charge on any atom is -0.376 e. The van der Waals surface area contributed by atoms with Crippen molar-refractivity contribution in [1.29, 1.82) is 0 Å². The molecule has 4 heteroatoms. The van der Waals surface area contributed by atoms with E-state index in [0.29, 0.717) is 6.10 Å². The quantitative estimate of drug-likeness (QED) is 0.771. The van der Waals surface area contributed by atoms with Crippen molar-refractivity contribution in [2.24, 2.45) is 0 Å². The van der Waals surface area contributed by atoms with Gasteiger partial charge in [-0.2, -0.15) is 5.10 Å². The van der Waals surface area contributed by atoms with Crippen LogP contribution in [0.3, 0.4) is 0 Å². The molecule has 78 valence electrons. The van der Waals surface area contributed by atoms with Crippen molar-refractivity contribution in [3.8, 4) is 0 Å². The Morgan fingerprint density at radius 1 is 1.71 bits per heavy atom. The maximum atomic E-state index is 5.55. The van der Waals surface area contributed by atoms with Crippen LogP contribution in [0, 0.1) is 0 Å². The number of rotatable bonds is 4. The molecule has 1 fully saturated rings. The van der Waals surface area contributed by atoms with Crippen LogP contribution in [-0.2, 0) is 17.8 Å². The topological polar surface area (TPSA) is 39.1 Å². The van der Waals surface area contributed by atoms with Gasteiger partial charge in [-0.25, -0.2) is 0 Å². The van der Waals surface area contributed by atoms with Crippen LogP contribution in [0.5, 0.6) is 0 Å². The molecule has 1 aliphatic heterocycles. The van der Waals surface area contributed by atoms with E-state index in [1.54, 1.807) is 0 Å². The molecule has 0 spiro atoms. The average molecular weight is 195 g/mol. The molecule has 1 unspecified atom stereocenters. The fourth-order valence-electron chi connectivity index (χ4n) is 1.78. The molecule has 2 rings (SSSR count). The molecule has 14 heavy (non-hydrogen) atoms. The van der Waals surface area contributed by atoms with Gasteiger partial charge in [-0.05, 0) is 26.0 Å². The summed E-state index contributed by atoms with van der Waals surface area (Å²) in [6.45, 7) is 2.64. The normalized spacial score (nSPS) is 21.6. The van der Waals surface area contributed by atoms with Gasteiger partial charge in [0.2, 0.25) is 0 Å². The van der Waals surface area contributed by atoms with Gasteiger partial charge in [-0.15, -0.1) is 0 Å². The zero-order chi connectivity index (χ0) is 9.80. The second kappa shape index (κ2) is 4.57. The Morgan fingerprint density at radius 2 is 2.64 bits per heavy atom. The molecule has 0 aromatic carbocycles. The van der Waals surface area contributed by atoms with Crippen LogP contribution in [0.2, 0.25) is 0 Å². The van der Waals surface area contributed by atoms with E-state index >= 15 is 0 Å². The van der Waals surface area contributed by atoms with Crippen molar-refractivity contribution in [3.63, 3.8) is 0 Å². The molecule has 1 aromatic heterocycles. The van der Waals surface area contributed by atoms with Crippen LogP contribution in [-0.4, -0.2) is 29.5 Å². The first-order valence-corrected chi connectivity index (χ1v) is 5.17. The van der Waals surface area contributed by atoms with E-state index in [0.717, 1.165) is 25.4 Å². The monoisotopic (exact) mass is 195 g/mol. The number of hydrogen-bond acceptors (Lipinski definition) is 3. The zero-order valence-electron chi connectivity index (χ0n) is 8.57. The Bertz CT molecular complexity index is 279. The van der Waals surface area contributed by atoms with Crippen molar-refractivity contribution in [2.75, 3.05) is 13.7 Å². The summed E-state index contributed by atoms with van der Waals surface area (Å²) >= 11 is 0. The first kappa shape index (κ1) is 9.68. The highest BCUT2D eigenvalue weighted by molar-refractivity contribution is 4.98. The molecule has 0 saturated carbocycles. The summed E-state index contributed by atoms with van der Waals surface area (Å²) in [5, 5.41) is 7.52. The lowest BCUT2D eigenvalue weighted by atomic mass is 10.2. The second-order valence-electron chi connectivity index (χ2n) is 3.69. The third-order valence-electron chi connectivity index (χ3n) is 2.47. The van der Waals surface area contributed by atoms with E-state index in [2.05, 4.69) is 10.4 Å². The Kier molecular flexibility index (Phi) is 3.16. The highest BCUT2D eigenvalue weighted by Gasteiger charge is 2.16. The average Bonchev–Trinajstić information content (AvgIpc) is 2.79. The Morgan fingerprint density at radius 3 is 3.36 bits per heavy atom. The van der Waals surface area contributed by atoms with Crippen molar-refractivity contribution in [1.82, 2.24) is 15.1 Å². The van der Waals surface area contributed by atoms with E-state index < -0.39 is 0 Å². The minimum atomic E-state index is 0.373. The molecular weight excluding hydrogens is 178 g/mol. The molecule has 1 saturated heterocycles. The SMILES string of the molecule is CNCc1ccn(CC2CCCO2)n1. The van der Waals surface area contributed by atoms with Gasteiger partial charge < -0.3 is 10.1 Å². The van der Waals surface area contributed by atoms with Crippen molar-refractivity contribution in [3.05, 3.63) is 18.0 Å². The summed E-state index contributed by atoms with van der Waals surface area (Å²) in [6, 6.07) is 2.05. The molecule has 0 bridgehead atoms. The minimum absolute atomic E-state index is 0.373. The lowest BCUT2D eigenvalue weighted by Gasteiger charge is -2.08. The molecule has 0 aliphatic carbocycles. The van der Waals surface area contributed by atoms with E-state index in [1.807, 2.05) is 24.0 Å². The van der Waals surface area contributed by atoms with E-state index in [1.165, 1.54) is 12.8 Å². The van der Waals surface area contributed by atoms with Gasteiger partial charge in [-0.3, -0.25) is 4.68 Å². The van der Waals surface area contributed by atoms with Gasteiger partial charge in [0.05, 0.1) is 18.3 Å². The largest absolute Gasteiger partial charge is 0.376 e. The van der Waals surface area contributed by atoms with Gasteiger partial charge >= 0.3 is 0 Å². The molecular formula is C10H17N3O. The maximum absolute atomic E-state index is 5.55. The molecule has 1 aromatic rings. The Labute approximate surface area is 84.3 Å². The first-order chi connectivity index (χ1) is 6.88. The van der Waals surface area contributed by atoms with Gasteiger partial charge in [0.15, 0.2) is 0 Å². The molecule has 4 nitrogen and oxygen atoms in total. The first-order valence-electron chi connectivity index (χ1n) is 5.17. The van der Waals surface area contributed by atoms with Crippen LogP contribution in [0.4, 0.5) is 0 Å². The fourth-order valence-corrected chi connectivity index (χ4v) is 1.78. The predicted molar refractivity (Wildman–Crippen MR) is 54.0 cm³/mol. The smallest absolute Gasteiger partial charge is 0.0771 e. The fraction of sp³-hybridized carbons (Fsp3) is 0.700. The zero-order valence-corrected chi connectivity index (χ0v) is 8.57. The molecule has 1 N–H and O–H groups in total. The molecule has 0 amide bonds. The molecule has 0 radical (unpaired) electrons. The summed E-state index contributed by atoms with van der Waals surface area (Å²) in [4.78, 5) is 0. The van der Waals surface area contributed by atoms with Crippen molar-refractivity contribution >= 4 is 0 Å². The summed E-state index contributed by atoms with van der Waals surface area (Å²) in [5.74, 6) is 0. The van der Waals surface area contributed by atoms with Crippen molar-refractivity contribution < 1.29 is 4.74 Å². The summed E-state index contributed by atoms with van der Waals surface area (Å²) in [5.41, 5.74) is 1.09. The highest BCUT2D eigenvalue weighted by atomic mass is 16.5. The number of nitrogens with one attached hydrogen (secondary N) is 1. The molecule has 1 atom stereocenters. The van der Waals surface area contributed by atoms with E-state index in [-0.39, 0.29) is 0 Å². The number of aromatic nitrogens is 2. The standard InChI is InChI=1S/C10H17N3O/c1-11-7-9-4-5-13(12-9)8-10-3-2-6-14-10/h4-5,10-11H,2-3,6-8H2,1H3. The Balaban J connectivity index is 1.88. The highest BCUT2D eigenvalue weighted by Crippen LogP contribution is 2.13. The maximum Gasteiger partial charge on any atom is 0.0771 e. The van der Waals surface area contributed by atoms with E-state index in [4.69, 9.17) is 4.74 Å². The predicted octanol–water partition coefficient (Wildman–Crippen LogP) is 0.781. The van der Waals surface area contributed by atoms with Gasteiger partial charge in [0, 0.05) is 19.3 Å². The lowest BCUT2D eigenvalue weighted by molar-refractivity contribution is 0.0939. The summed E-state index contributed by atoms with van der Waals surface area (Å²) < 4.78 is 7.52. The number of hydrogen-bond donors (Lipinski definition) is 1. The van der Waals surface area contributed by atoms with Gasteiger partial charge in [0.25, 0.3) is 0 Å². The number of nitrogens with zero attached hydrogens (tertiary/aromatic N) is 2. The van der Waals surface area contributed by atoms with Crippen LogP contribution >= 0.6 is 0 Å². The van der Waals surface area contributed by atoms with Crippen LogP contribution in [0.25, 0.3) is 0 Å². The van der Waals surface area contributed by atoms with E-state index in [9.17, 15) is 0 Å². The van der Waals surface area contributed by atoms with Crippen LogP contribution in [0.1, 0.15) is 18.5 Å². The van der Waals surface area contributed by atoms with Gasteiger partial charge in [-0.1, -0.05) is 0 Å². The van der Waals surface area contributed by atoms with Crippen LogP contribution in [0.15, 0.2) is 12.3 Å². The summed E-state index contributed by atoms with van der Waals surface area (Å²) in [7, 11) is 1.93. The molecule has 1 aliphatic rings. The third kappa shape index (κ3) is 2.33. The van der Waals surface area contributed by atoms with Crippen LogP contribution < -0.4 is 5.32 Å². The van der Waals surface area contributed by atoms with Gasteiger partial charge in [0.1, 0.15) is 0 Å². The summed E-state index contributed by atoms with van der Waals surface area (Å²) in [6.07, 6.45) is 4.75.